The number of thiophene rings is 1. The highest BCUT2D eigenvalue weighted by molar-refractivity contribution is 7.20. The van der Waals surface area contributed by atoms with E-state index in [1.807, 2.05) is 48.5 Å². The van der Waals surface area contributed by atoms with E-state index < -0.39 is 0 Å². The van der Waals surface area contributed by atoms with E-state index in [2.05, 4.69) is 34.3 Å². The molecular formula is C24H21ClN2OS2. The molecule has 4 rings (SSSR count). The Morgan fingerprint density at radius 1 is 1.00 bits per heavy atom. The first kappa shape index (κ1) is 20.8. The summed E-state index contributed by atoms with van der Waals surface area (Å²) >= 11 is 9.35. The van der Waals surface area contributed by atoms with Gasteiger partial charge in [-0.15, -0.1) is 22.7 Å². The molecule has 2 aromatic heterocycles. The normalized spacial score (nSPS) is 11.9. The van der Waals surface area contributed by atoms with Gasteiger partial charge >= 0.3 is 0 Å². The van der Waals surface area contributed by atoms with Crippen molar-refractivity contribution in [1.29, 1.82) is 0 Å². The number of amides is 1. The van der Waals surface area contributed by atoms with Gasteiger partial charge in [0, 0.05) is 16.8 Å². The summed E-state index contributed by atoms with van der Waals surface area (Å²) in [5.74, 6) is 0.0154. The van der Waals surface area contributed by atoms with E-state index in [1.54, 1.807) is 22.7 Å². The molecule has 0 aliphatic rings. The summed E-state index contributed by atoms with van der Waals surface area (Å²) < 4.78 is 0. The van der Waals surface area contributed by atoms with Crippen molar-refractivity contribution in [1.82, 2.24) is 10.3 Å². The minimum atomic E-state index is -0.163. The topological polar surface area (TPSA) is 42.0 Å². The van der Waals surface area contributed by atoms with Crippen molar-refractivity contribution >= 4 is 40.2 Å². The second-order valence-corrected chi connectivity index (χ2v) is 9.24. The third kappa shape index (κ3) is 5.57. The summed E-state index contributed by atoms with van der Waals surface area (Å²) in [6, 6.07) is 21.8. The Morgan fingerprint density at radius 2 is 1.83 bits per heavy atom. The number of halogens is 1. The van der Waals surface area contributed by atoms with E-state index in [9.17, 15) is 4.79 Å². The molecule has 0 bridgehead atoms. The predicted octanol–water partition coefficient (Wildman–Crippen LogP) is 6.56. The average Bonchev–Trinajstić information content (AvgIpc) is 3.44. The molecule has 0 aliphatic heterocycles. The van der Waals surface area contributed by atoms with E-state index in [0.29, 0.717) is 24.3 Å². The van der Waals surface area contributed by atoms with Crippen LogP contribution in [0, 0.1) is 0 Å². The maximum Gasteiger partial charge on any atom is 0.220 e. The molecular weight excluding hydrogens is 432 g/mol. The minimum Gasteiger partial charge on any atom is -0.347 e. The SMILES string of the molecule is O=C(CCc1cccc(Cl)c1)N[C@@H](Cc1ccccc1)c1csc(-c2cccs2)n1. The van der Waals surface area contributed by atoms with Gasteiger partial charge in [-0.05, 0) is 47.5 Å². The number of aromatic nitrogens is 1. The summed E-state index contributed by atoms with van der Waals surface area (Å²) in [6.45, 7) is 0. The smallest absolute Gasteiger partial charge is 0.220 e. The number of aryl methyl sites for hydroxylation is 1. The van der Waals surface area contributed by atoms with Crippen molar-refractivity contribution in [3.63, 3.8) is 0 Å². The Balaban J connectivity index is 1.48. The number of nitrogens with one attached hydrogen (secondary N) is 1. The highest BCUT2D eigenvalue weighted by Gasteiger charge is 2.19. The van der Waals surface area contributed by atoms with Gasteiger partial charge in [0.1, 0.15) is 5.01 Å². The number of benzene rings is 2. The van der Waals surface area contributed by atoms with E-state index >= 15 is 0 Å². The molecule has 0 radical (unpaired) electrons. The van der Waals surface area contributed by atoms with Gasteiger partial charge in [-0.1, -0.05) is 60.1 Å². The van der Waals surface area contributed by atoms with Crippen LogP contribution in [0.4, 0.5) is 0 Å². The zero-order valence-electron chi connectivity index (χ0n) is 16.3. The zero-order valence-corrected chi connectivity index (χ0v) is 18.6. The lowest BCUT2D eigenvalue weighted by atomic mass is 10.0. The lowest BCUT2D eigenvalue weighted by molar-refractivity contribution is -0.121. The van der Waals surface area contributed by atoms with Crippen LogP contribution in [0.15, 0.2) is 77.5 Å². The van der Waals surface area contributed by atoms with Gasteiger partial charge in [0.15, 0.2) is 0 Å². The molecule has 2 heterocycles. The number of carbonyl (C=O) groups excluding carboxylic acids is 1. The first-order valence-electron chi connectivity index (χ1n) is 9.74. The molecule has 0 aliphatic carbocycles. The number of thiazole rings is 1. The van der Waals surface area contributed by atoms with Gasteiger partial charge in [-0.2, -0.15) is 0 Å². The van der Waals surface area contributed by atoms with Crippen LogP contribution in [0.5, 0.6) is 0 Å². The summed E-state index contributed by atoms with van der Waals surface area (Å²) in [5, 5.41) is 8.99. The van der Waals surface area contributed by atoms with Crippen LogP contribution in [0.25, 0.3) is 9.88 Å². The van der Waals surface area contributed by atoms with E-state index in [1.165, 1.54) is 5.56 Å². The van der Waals surface area contributed by atoms with Crippen LogP contribution in [-0.4, -0.2) is 10.9 Å². The minimum absolute atomic E-state index is 0.0154. The van der Waals surface area contributed by atoms with Gasteiger partial charge in [0.2, 0.25) is 5.91 Å². The molecule has 0 fully saturated rings. The van der Waals surface area contributed by atoms with Crippen molar-refractivity contribution in [3.05, 3.63) is 99.3 Å². The quantitative estimate of drug-likeness (QED) is 0.329. The third-order valence-corrected chi connectivity index (χ3v) is 6.89. The number of hydrogen-bond acceptors (Lipinski definition) is 4. The first-order chi connectivity index (χ1) is 14.7. The van der Waals surface area contributed by atoms with Crippen LogP contribution in [-0.2, 0) is 17.6 Å². The van der Waals surface area contributed by atoms with Gasteiger partial charge in [0.05, 0.1) is 16.6 Å². The van der Waals surface area contributed by atoms with Crippen LogP contribution in [0.3, 0.4) is 0 Å². The first-order valence-corrected chi connectivity index (χ1v) is 11.9. The summed E-state index contributed by atoms with van der Waals surface area (Å²) in [4.78, 5) is 18.7. The van der Waals surface area contributed by atoms with Crippen LogP contribution < -0.4 is 5.32 Å². The van der Waals surface area contributed by atoms with Crippen LogP contribution in [0.2, 0.25) is 5.02 Å². The Hall–Kier alpha value is -2.47. The lowest BCUT2D eigenvalue weighted by Gasteiger charge is -2.17. The third-order valence-electron chi connectivity index (χ3n) is 4.76. The maximum atomic E-state index is 12.7. The van der Waals surface area contributed by atoms with Gasteiger partial charge in [-0.25, -0.2) is 4.98 Å². The molecule has 1 amide bonds. The predicted molar refractivity (Wildman–Crippen MR) is 126 cm³/mol. The molecule has 1 N–H and O–H groups in total. The van der Waals surface area contributed by atoms with Crippen LogP contribution in [0.1, 0.15) is 29.3 Å². The average molecular weight is 453 g/mol. The fourth-order valence-electron chi connectivity index (χ4n) is 3.26. The Morgan fingerprint density at radius 3 is 2.60 bits per heavy atom. The van der Waals surface area contributed by atoms with E-state index in [4.69, 9.17) is 16.6 Å². The summed E-state index contributed by atoms with van der Waals surface area (Å²) in [7, 11) is 0. The lowest BCUT2D eigenvalue weighted by Crippen LogP contribution is -2.30. The Labute approximate surface area is 189 Å². The summed E-state index contributed by atoms with van der Waals surface area (Å²) in [5.41, 5.74) is 3.14. The van der Waals surface area contributed by atoms with Gasteiger partial charge < -0.3 is 5.32 Å². The molecule has 0 saturated heterocycles. The number of nitrogens with zero attached hydrogens (tertiary/aromatic N) is 1. The molecule has 0 unspecified atom stereocenters. The van der Waals surface area contributed by atoms with Crippen molar-refractivity contribution in [3.8, 4) is 9.88 Å². The van der Waals surface area contributed by atoms with Crippen molar-refractivity contribution in [2.45, 2.75) is 25.3 Å². The fraction of sp³-hybridized carbons (Fsp3) is 0.167. The monoisotopic (exact) mass is 452 g/mol. The van der Waals surface area contributed by atoms with Crippen molar-refractivity contribution < 1.29 is 4.79 Å². The van der Waals surface area contributed by atoms with E-state index in [-0.39, 0.29) is 11.9 Å². The number of carbonyl (C=O) groups is 1. The van der Waals surface area contributed by atoms with Crippen molar-refractivity contribution in [2.75, 3.05) is 0 Å². The largest absolute Gasteiger partial charge is 0.347 e. The fourth-order valence-corrected chi connectivity index (χ4v) is 5.16. The van der Waals surface area contributed by atoms with Crippen LogP contribution >= 0.6 is 34.3 Å². The molecule has 6 heteroatoms. The molecule has 4 aromatic rings. The van der Waals surface area contributed by atoms with Gasteiger partial charge in [-0.3, -0.25) is 4.79 Å². The summed E-state index contributed by atoms with van der Waals surface area (Å²) in [6.07, 6.45) is 1.77. The Kier molecular flexibility index (Phi) is 6.95. The number of hydrogen-bond donors (Lipinski definition) is 1. The highest BCUT2D eigenvalue weighted by Crippen LogP contribution is 2.30. The van der Waals surface area contributed by atoms with E-state index in [0.717, 1.165) is 21.1 Å². The molecule has 1 atom stereocenters. The number of rotatable bonds is 8. The molecule has 30 heavy (non-hydrogen) atoms. The zero-order chi connectivity index (χ0) is 20.8. The molecule has 3 nitrogen and oxygen atoms in total. The molecule has 2 aromatic carbocycles. The second-order valence-electron chi connectivity index (χ2n) is 6.99. The van der Waals surface area contributed by atoms with Crippen molar-refractivity contribution in [2.24, 2.45) is 0 Å². The Bertz CT molecular complexity index is 1090. The maximum absolute atomic E-state index is 12.7. The molecule has 0 spiro atoms. The standard InChI is InChI=1S/C24H21ClN2OS2/c25-19-9-4-8-18(14-19)11-12-23(28)26-20(15-17-6-2-1-3-7-17)21-16-30-24(27-21)22-10-5-13-29-22/h1-10,13-14,16,20H,11-12,15H2,(H,26,28)/t20-/m0/s1. The van der Waals surface area contributed by atoms with Gasteiger partial charge in [0.25, 0.3) is 0 Å². The molecule has 152 valence electrons. The second kappa shape index (κ2) is 10.0. The molecule has 0 saturated carbocycles. The highest BCUT2D eigenvalue weighted by atomic mass is 35.5.